The molecule has 2 aliphatic heterocycles. The van der Waals surface area contributed by atoms with Gasteiger partial charge in [-0.2, -0.15) is 0 Å². The average molecular weight is 396 g/mol. The van der Waals surface area contributed by atoms with E-state index in [9.17, 15) is 4.79 Å². The summed E-state index contributed by atoms with van der Waals surface area (Å²) in [7, 11) is 0. The summed E-state index contributed by atoms with van der Waals surface area (Å²) < 4.78 is 5.41. The average Bonchev–Trinajstić information content (AvgIpc) is 2.78. The number of piperidine rings is 1. The number of anilines is 2. The van der Waals surface area contributed by atoms with Crippen LogP contribution in [0.25, 0.3) is 0 Å². The van der Waals surface area contributed by atoms with Crippen LogP contribution >= 0.6 is 0 Å². The molecule has 1 aromatic carbocycles. The lowest BCUT2D eigenvalue weighted by Crippen LogP contribution is -2.43. The molecule has 0 aliphatic carbocycles. The van der Waals surface area contributed by atoms with Crippen LogP contribution in [0.15, 0.2) is 36.5 Å². The molecule has 7 heteroatoms. The summed E-state index contributed by atoms with van der Waals surface area (Å²) >= 11 is 0. The molecule has 1 unspecified atom stereocenters. The summed E-state index contributed by atoms with van der Waals surface area (Å²) in [6.45, 7) is 7.51. The Morgan fingerprint density at radius 2 is 1.93 bits per heavy atom. The Hall–Kier alpha value is -2.67. The van der Waals surface area contributed by atoms with Crippen molar-refractivity contribution in [3.8, 4) is 0 Å². The number of rotatable bonds is 5. The number of hydrogen-bond acceptors (Lipinski definition) is 6. The fourth-order valence-corrected chi connectivity index (χ4v) is 3.94. The van der Waals surface area contributed by atoms with Crippen molar-refractivity contribution in [3.05, 3.63) is 47.8 Å². The summed E-state index contributed by atoms with van der Waals surface area (Å²) in [5.74, 6) is 0.807. The second kappa shape index (κ2) is 9.22. The summed E-state index contributed by atoms with van der Waals surface area (Å²) in [5.41, 5.74) is 3.27. The molecule has 2 aliphatic rings. The van der Waals surface area contributed by atoms with E-state index in [1.54, 1.807) is 6.20 Å². The maximum atomic E-state index is 12.7. The number of aromatic nitrogens is 2. The van der Waals surface area contributed by atoms with E-state index in [0.29, 0.717) is 13.1 Å². The van der Waals surface area contributed by atoms with Gasteiger partial charge in [0, 0.05) is 50.3 Å². The highest BCUT2D eigenvalue weighted by Crippen LogP contribution is 2.21. The largest absolute Gasteiger partial charge is 0.378 e. The van der Waals surface area contributed by atoms with Crippen LogP contribution in [0, 0.1) is 12.8 Å². The molecule has 1 amide bonds. The van der Waals surface area contributed by atoms with Crippen molar-refractivity contribution < 1.29 is 9.53 Å². The molecule has 1 atom stereocenters. The van der Waals surface area contributed by atoms with Gasteiger partial charge in [-0.05, 0) is 43.5 Å². The van der Waals surface area contributed by atoms with Gasteiger partial charge in [0.05, 0.1) is 19.1 Å². The van der Waals surface area contributed by atoms with Gasteiger partial charge in [0.15, 0.2) is 0 Å². The molecule has 154 valence electrons. The first-order chi connectivity index (χ1) is 14.2. The zero-order valence-electron chi connectivity index (χ0n) is 17.0. The van der Waals surface area contributed by atoms with E-state index >= 15 is 0 Å². The summed E-state index contributed by atoms with van der Waals surface area (Å²) in [4.78, 5) is 26.1. The molecule has 0 saturated carbocycles. The number of carbonyl (C=O) groups is 1. The lowest BCUT2D eigenvalue weighted by Gasteiger charge is -2.32. The maximum absolute atomic E-state index is 12.7. The highest BCUT2D eigenvalue weighted by Gasteiger charge is 2.27. The minimum Gasteiger partial charge on any atom is -0.378 e. The maximum Gasteiger partial charge on any atom is 0.225 e. The van der Waals surface area contributed by atoms with E-state index in [1.807, 2.05) is 13.0 Å². The fourth-order valence-electron chi connectivity index (χ4n) is 3.94. The van der Waals surface area contributed by atoms with Crippen molar-refractivity contribution >= 4 is 17.5 Å². The quantitative estimate of drug-likeness (QED) is 0.837. The number of hydrogen-bond donors (Lipinski definition) is 1. The van der Waals surface area contributed by atoms with Gasteiger partial charge in [-0.1, -0.05) is 12.1 Å². The molecule has 0 bridgehead atoms. The molecule has 0 radical (unpaired) electrons. The molecule has 2 fully saturated rings. The zero-order chi connectivity index (χ0) is 20.1. The van der Waals surface area contributed by atoms with Gasteiger partial charge < -0.3 is 19.9 Å². The van der Waals surface area contributed by atoms with E-state index in [0.717, 1.165) is 62.9 Å². The number of carbonyl (C=O) groups excluding carboxylic acids is 1. The summed E-state index contributed by atoms with van der Waals surface area (Å²) in [6.07, 6.45) is 3.66. The van der Waals surface area contributed by atoms with E-state index < -0.39 is 0 Å². The molecular weight excluding hydrogens is 366 g/mol. The SMILES string of the molecule is Cc1ccnc(N2CCCC(C(=O)NCc3ccc(N4CCOCC4)cc3)C2)n1. The lowest BCUT2D eigenvalue weighted by atomic mass is 9.97. The normalized spacial score (nSPS) is 19.8. The summed E-state index contributed by atoms with van der Waals surface area (Å²) in [6, 6.07) is 10.3. The Balaban J connectivity index is 1.30. The van der Waals surface area contributed by atoms with Gasteiger partial charge in [-0.25, -0.2) is 9.97 Å². The van der Waals surface area contributed by atoms with Gasteiger partial charge in [0.25, 0.3) is 0 Å². The number of benzene rings is 1. The number of morpholine rings is 1. The van der Waals surface area contributed by atoms with Crippen LogP contribution in [0.1, 0.15) is 24.1 Å². The van der Waals surface area contributed by atoms with E-state index in [4.69, 9.17) is 4.74 Å². The van der Waals surface area contributed by atoms with Crippen LogP contribution in [-0.2, 0) is 16.1 Å². The molecule has 1 aromatic heterocycles. The second-order valence-electron chi connectivity index (χ2n) is 7.77. The smallest absolute Gasteiger partial charge is 0.225 e. The minimum atomic E-state index is -0.0273. The van der Waals surface area contributed by atoms with Crippen LogP contribution in [-0.4, -0.2) is 55.3 Å². The van der Waals surface area contributed by atoms with Crippen LogP contribution in [0.4, 0.5) is 11.6 Å². The standard InChI is InChI=1S/C22H29N5O2/c1-17-8-9-23-22(25-17)27-10-2-3-19(16-27)21(28)24-15-18-4-6-20(7-5-18)26-11-13-29-14-12-26/h4-9,19H,2-3,10-16H2,1H3,(H,24,28). The molecular formula is C22H29N5O2. The van der Waals surface area contributed by atoms with Crippen molar-refractivity contribution in [2.45, 2.75) is 26.3 Å². The number of ether oxygens (including phenoxy) is 1. The highest BCUT2D eigenvalue weighted by atomic mass is 16.5. The van der Waals surface area contributed by atoms with Crippen LogP contribution in [0.5, 0.6) is 0 Å². The van der Waals surface area contributed by atoms with Gasteiger partial charge in [-0.15, -0.1) is 0 Å². The van der Waals surface area contributed by atoms with Gasteiger partial charge >= 0.3 is 0 Å². The number of nitrogens with zero attached hydrogens (tertiary/aromatic N) is 4. The van der Waals surface area contributed by atoms with E-state index in [-0.39, 0.29) is 11.8 Å². The monoisotopic (exact) mass is 395 g/mol. The number of aryl methyl sites for hydroxylation is 1. The van der Waals surface area contributed by atoms with Crippen molar-refractivity contribution in [1.29, 1.82) is 0 Å². The molecule has 1 N–H and O–H groups in total. The molecule has 7 nitrogen and oxygen atoms in total. The second-order valence-corrected chi connectivity index (χ2v) is 7.77. The van der Waals surface area contributed by atoms with Gasteiger partial charge in [-0.3, -0.25) is 4.79 Å². The predicted octanol–water partition coefficient (Wildman–Crippen LogP) is 2.15. The predicted molar refractivity (Wildman–Crippen MR) is 113 cm³/mol. The third-order valence-electron chi connectivity index (χ3n) is 5.64. The fraction of sp³-hybridized carbons (Fsp3) is 0.500. The van der Waals surface area contributed by atoms with Gasteiger partial charge in [0.1, 0.15) is 0 Å². The van der Waals surface area contributed by atoms with Crippen molar-refractivity contribution in [2.75, 3.05) is 49.2 Å². The third-order valence-corrected chi connectivity index (χ3v) is 5.64. The van der Waals surface area contributed by atoms with Crippen molar-refractivity contribution in [1.82, 2.24) is 15.3 Å². The first kappa shape index (κ1) is 19.6. The number of nitrogens with one attached hydrogen (secondary N) is 1. The molecule has 2 aromatic rings. The van der Waals surface area contributed by atoms with Crippen LogP contribution in [0.3, 0.4) is 0 Å². The topological polar surface area (TPSA) is 70.6 Å². The first-order valence-corrected chi connectivity index (χ1v) is 10.4. The van der Waals surface area contributed by atoms with E-state index in [2.05, 4.69) is 49.4 Å². The Morgan fingerprint density at radius 3 is 2.69 bits per heavy atom. The molecule has 29 heavy (non-hydrogen) atoms. The Bertz CT molecular complexity index is 820. The van der Waals surface area contributed by atoms with Crippen LogP contribution in [0.2, 0.25) is 0 Å². The minimum absolute atomic E-state index is 0.0273. The first-order valence-electron chi connectivity index (χ1n) is 10.4. The van der Waals surface area contributed by atoms with Crippen LogP contribution < -0.4 is 15.1 Å². The Kier molecular flexibility index (Phi) is 6.24. The van der Waals surface area contributed by atoms with Gasteiger partial charge in [0.2, 0.25) is 11.9 Å². The molecule has 2 saturated heterocycles. The lowest BCUT2D eigenvalue weighted by molar-refractivity contribution is -0.125. The molecule has 0 spiro atoms. The third kappa shape index (κ3) is 5.03. The Morgan fingerprint density at radius 1 is 1.14 bits per heavy atom. The van der Waals surface area contributed by atoms with Crippen molar-refractivity contribution in [3.63, 3.8) is 0 Å². The Labute approximate surface area is 172 Å². The summed E-state index contributed by atoms with van der Waals surface area (Å²) in [5, 5.41) is 3.11. The molecule has 3 heterocycles. The zero-order valence-corrected chi connectivity index (χ0v) is 17.0. The van der Waals surface area contributed by atoms with Crippen molar-refractivity contribution in [2.24, 2.45) is 5.92 Å². The van der Waals surface area contributed by atoms with E-state index in [1.165, 1.54) is 5.69 Å². The number of amides is 1. The molecule has 4 rings (SSSR count). The highest BCUT2D eigenvalue weighted by molar-refractivity contribution is 5.79.